The first-order chi connectivity index (χ1) is 5.27. The van der Waals surface area contributed by atoms with E-state index in [0.717, 1.165) is 0 Å². The number of aliphatic hydroxyl groups excluding tert-OH is 1. The van der Waals surface area contributed by atoms with Crippen molar-refractivity contribution in [3.63, 3.8) is 0 Å². The van der Waals surface area contributed by atoms with Crippen LogP contribution in [0.4, 0.5) is 0 Å². The van der Waals surface area contributed by atoms with Gasteiger partial charge in [-0.2, -0.15) is 0 Å². The van der Waals surface area contributed by atoms with Crippen LogP contribution in [-0.2, 0) is 4.79 Å². The van der Waals surface area contributed by atoms with E-state index in [-0.39, 0.29) is 5.71 Å². The topological polar surface area (TPSA) is 69.9 Å². The van der Waals surface area contributed by atoms with Gasteiger partial charge in [0.25, 0.3) is 0 Å². The average molecular weight is 153 g/mol. The Labute approximate surface area is 63.1 Å². The number of hydrogen-bond donors (Lipinski definition) is 2. The summed E-state index contributed by atoms with van der Waals surface area (Å²) in [5, 5.41) is 20.2. The van der Waals surface area contributed by atoms with Crippen LogP contribution in [0.5, 0.6) is 0 Å². The minimum absolute atomic E-state index is 0.0783. The molecule has 4 nitrogen and oxygen atoms in total. The summed E-state index contributed by atoms with van der Waals surface area (Å²) in [7, 11) is 0. The third kappa shape index (κ3) is 1.53. The number of aliphatic hydroxyl groups is 1. The molecule has 4 heteroatoms. The Morgan fingerprint density at radius 2 is 2.36 bits per heavy atom. The van der Waals surface area contributed by atoms with Gasteiger partial charge in [-0.1, -0.05) is 11.2 Å². The van der Waals surface area contributed by atoms with Gasteiger partial charge in [0.15, 0.2) is 0 Å². The van der Waals surface area contributed by atoms with Crippen molar-refractivity contribution in [1.82, 2.24) is 0 Å². The first-order valence-electron chi connectivity index (χ1n) is 3.03. The van der Waals surface area contributed by atoms with Crippen molar-refractivity contribution < 1.29 is 15.1 Å². The fourth-order valence-corrected chi connectivity index (χ4v) is 0.766. The van der Waals surface area contributed by atoms with Crippen LogP contribution in [0, 0.1) is 0 Å². The standard InChI is InChI=1S/C7H7NO3/c9-4-5-1-2-7(10)6(3-5)8-11/h1-4,7,10-11H. The van der Waals surface area contributed by atoms with Gasteiger partial charge in [0.1, 0.15) is 18.1 Å². The zero-order valence-electron chi connectivity index (χ0n) is 5.64. The molecule has 0 saturated carbocycles. The van der Waals surface area contributed by atoms with Crippen molar-refractivity contribution in [2.24, 2.45) is 5.16 Å². The van der Waals surface area contributed by atoms with Crippen LogP contribution >= 0.6 is 0 Å². The maximum absolute atomic E-state index is 10.2. The van der Waals surface area contributed by atoms with Crippen molar-refractivity contribution in [3.8, 4) is 0 Å². The molecule has 0 aromatic rings. The Bertz CT molecular complexity index is 252. The second kappa shape index (κ2) is 3.12. The minimum Gasteiger partial charge on any atom is -0.411 e. The lowest BCUT2D eigenvalue weighted by Gasteiger charge is -2.08. The van der Waals surface area contributed by atoms with Gasteiger partial charge >= 0.3 is 0 Å². The largest absolute Gasteiger partial charge is 0.411 e. The van der Waals surface area contributed by atoms with E-state index in [0.29, 0.717) is 11.9 Å². The summed E-state index contributed by atoms with van der Waals surface area (Å²) in [5.41, 5.74) is 0.456. The maximum Gasteiger partial charge on any atom is 0.150 e. The monoisotopic (exact) mass is 153 g/mol. The van der Waals surface area contributed by atoms with Crippen LogP contribution < -0.4 is 0 Å². The van der Waals surface area contributed by atoms with Crippen LogP contribution in [0.3, 0.4) is 0 Å². The minimum atomic E-state index is -0.913. The second-order valence-corrected chi connectivity index (χ2v) is 2.09. The van der Waals surface area contributed by atoms with E-state index in [2.05, 4.69) is 5.16 Å². The number of hydrogen-bond acceptors (Lipinski definition) is 4. The SMILES string of the molecule is O=CC1=CC(=NO)C(O)C=C1. The van der Waals surface area contributed by atoms with Gasteiger partial charge in [-0.3, -0.25) is 4.79 Å². The predicted molar refractivity (Wildman–Crippen MR) is 38.5 cm³/mol. The first kappa shape index (κ1) is 7.68. The van der Waals surface area contributed by atoms with E-state index in [9.17, 15) is 4.79 Å². The molecule has 0 radical (unpaired) electrons. The summed E-state index contributed by atoms with van der Waals surface area (Å²) in [5.74, 6) is 0. The number of rotatable bonds is 1. The van der Waals surface area contributed by atoms with Crippen LogP contribution in [-0.4, -0.2) is 28.4 Å². The molecule has 0 aliphatic heterocycles. The molecular weight excluding hydrogens is 146 g/mol. The predicted octanol–water partition coefficient (Wildman–Crippen LogP) is -0.127. The van der Waals surface area contributed by atoms with E-state index in [1.54, 1.807) is 0 Å². The summed E-state index contributed by atoms with van der Waals surface area (Å²) >= 11 is 0. The molecule has 1 aliphatic carbocycles. The summed E-state index contributed by atoms with van der Waals surface area (Å²) in [6.45, 7) is 0. The smallest absolute Gasteiger partial charge is 0.150 e. The fraction of sp³-hybridized carbons (Fsp3) is 0.143. The lowest BCUT2D eigenvalue weighted by atomic mass is 10.0. The Hall–Kier alpha value is -1.42. The van der Waals surface area contributed by atoms with E-state index >= 15 is 0 Å². The van der Waals surface area contributed by atoms with E-state index < -0.39 is 6.10 Å². The van der Waals surface area contributed by atoms with Gasteiger partial charge in [-0.05, 0) is 12.2 Å². The van der Waals surface area contributed by atoms with Gasteiger partial charge in [-0.25, -0.2) is 0 Å². The Morgan fingerprint density at radius 3 is 2.91 bits per heavy atom. The normalized spacial score (nSPS) is 26.8. The van der Waals surface area contributed by atoms with Gasteiger partial charge in [0, 0.05) is 5.57 Å². The molecule has 2 N–H and O–H groups in total. The Morgan fingerprint density at radius 1 is 1.64 bits per heavy atom. The number of aldehydes is 1. The summed E-state index contributed by atoms with van der Waals surface area (Å²) < 4.78 is 0. The molecule has 58 valence electrons. The fourth-order valence-electron chi connectivity index (χ4n) is 0.766. The molecule has 1 unspecified atom stereocenters. The zero-order chi connectivity index (χ0) is 8.27. The summed E-state index contributed by atoms with van der Waals surface area (Å²) in [4.78, 5) is 10.2. The van der Waals surface area contributed by atoms with Gasteiger partial charge in [0.05, 0.1) is 0 Å². The van der Waals surface area contributed by atoms with Crippen molar-refractivity contribution in [1.29, 1.82) is 0 Å². The van der Waals surface area contributed by atoms with Gasteiger partial charge in [-0.15, -0.1) is 0 Å². The molecule has 1 rings (SSSR count). The lowest BCUT2D eigenvalue weighted by molar-refractivity contribution is -0.104. The number of carbonyl (C=O) groups excluding carboxylic acids is 1. The number of nitrogens with zero attached hydrogens (tertiary/aromatic N) is 1. The molecular formula is C7H7NO3. The molecule has 0 fully saturated rings. The average Bonchev–Trinajstić information content (AvgIpc) is 2.05. The molecule has 0 aromatic heterocycles. The first-order valence-corrected chi connectivity index (χ1v) is 3.03. The van der Waals surface area contributed by atoms with E-state index in [1.807, 2.05) is 0 Å². The zero-order valence-corrected chi connectivity index (χ0v) is 5.64. The molecule has 0 amide bonds. The summed E-state index contributed by atoms with van der Waals surface area (Å²) in [6, 6.07) is 0. The van der Waals surface area contributed by atoms with Crippen LogP contribution in [0.2, 0.25) is 0 Å². The molecule has 0 saturated heterocycles. The molecule has 11 heavy (non-hydrogen) atoms. The highest BCUT2D eigenvalue weighted by molar-refractivity contribution is 6.05. The molecule has 0 bridgehead atoms. The van der Waals surface area contributed by atoms with Gasteiger partial charge < -0.3 is 10.3 Å². The maximum atomic E-state index is 10.2. The Kier molecular flexibility index (Phi) is 2.18. The second-order valence-electron chi connectivity index (χ2n) is 2.09. The van der Waals surface area contributed by atoms with Crippen molar-refractivity contribution in [2.45, 2.75) is 6.10 Å². The highest BCUT2D eigenvalue weighted by atomic mass is 16.4. The highest BCUT2D eigenvalue weighted by Crippen LogP contribution is 2.06. The van der Waals surface area contributed by atoms with Crippen LogP contribution in [0.1, 0.15) is 0 Å². The van der Waals surface area contributed by atoms with E-state index in [1.165, 1.54) is 18.2 Å². The van der Waals surface area contributed by atoms with Crippen LogP contribution in [0.25, 0.3) is 0 Å². The van der Waals surface area contributed by atoms with Gasteiger partial charge in [0.2, 0.25) is 0 Å². The quantitative estimate of drug-likeness (QED) is 0.313. The van der Waals surface area contributed by atoms with Crippen molar-refractivity contribution >= 4 is 12.0 Å². The molecule has 0 spiro atoms. The third-order valence-electron chi connectivity index (χ3n) is 1.34. The Balaban J connectivity index is 2.92. The highest BCUT2D eigenvalue weighted by Gasteiger charge is 2.12. The van der Waals surface area contributed by atoms with E-state index in [4.69, 9.17) is 10.3 Å². The van der Waals surface area contributed by atoms with Crippen molar-refractivity contribution in [3.05, 3.63) is 23.8 Å². The van der Waals surface area contributed by atoms with Crippen LogP contribution in [0.15, 0.2) is 29.0 Å². The number of allylic oxidation sites excluding steroid dienone is 2. The van der Waals surface area contributed by atoms with Crippen molar-refractivity contribution in [2.75, 3.05) is 0 Å². The number of oxime groups is 1. The number of carbonyl (C=O) groups is 1. The summed E-state index contributed by atoms with van der Waals surface area (Å²) in [6.07, 6.45) is 3.86. The lowest BCUT2D eigenvalue weighted by Crippen LogP contribution is -2.18. The molecule has 0 heterocycles. The molecule has 1 atom stereocenters. The molecule has 1 aliphatic rings. The third-order valence-corrected chi connectivity index (χ3v) is 1.34. The molecule has 0 aromatic carbocycles.